The summed E-state index contributed by atoms with van der Waals surface area (Å²) in [5, 5.41) is 6.41. The van der Waals surface area contributed by atoms with Crippen LogP contribution in [-0.2, 0) is 17.6 Å². The van der Waals surface area contributed by atoms with Gasteiger partial charge in [0, 0.05) is 27.5 Å². The zero-order chi connectivity index (χ0) is 25.4. The lowest BCUT2D eigenvalue weighted by Crippen LogP contribution is -2.24. The molecule has 0 radical (unpaired) electrons. The molecule has 5 aromatic rings. The van der Waals surface area contributed by atoms with Gasteiger partial charge in [-0.05, 0) is 56.4 Å². The highest BCUT2D eigenvalue weighted by Crippen LogP contribution is 2.35. The third-order valence-corrected chi connectivity index (χ3v) is 8.72. The van der Waals surface area contributed by atoms with E-state index in [9.17, 15) is 9.59 Å². The van der Waals surface area contributed by atoms with Gasteiger partial charge in [0.25, 0.3) is 11.5 Å². The molecule has 186 valence electrons. The molecule has 2 N–H and O–H groups in total. The molecule has 6 rings (SSSR count). The molecule has 0 aliphatic heterocycles. The molecule has 1 amide bonds. The summed E-state index contributed by atoms with van der Waals surface area (Å²) < 4.78 is 1.65. The van der Waals surface area contributed by atoms with Crippen LogP contribution >= 0.6 is 23.1 Å². The van der Waals surface area contributed by atoms with Crippen molar-refractivity contribution in [3.63, 3.8) is 0 Å². The minimum atomic E-state index is -0.267. The van der Waals surface area contributed by atoms with Crippen LogP contribution in [0.15, 0.2) is 69.8 Å². The Balaban J connectivity index is 1.27. The highest BCUT2D eigenvalue weighted by Gasteiger charge is 2.23. The molecule has 2 aromatic carbocycles. The number of aromatic nitrogens is 3. The largest absolute Gasteiger partial charge is 0.361 e. The maximum atomic E-state index is 13.8. The van der Waals surface area contributed by atoms with E-state index >= 15 is 0 Å². The summed E-state index contributed by atoms with van der Waals surface area (Å²) in [6.07, 6.45) is 7.65. The number of thioether (sulfide) groups is 1. The van der Waals surface area contributed by atoms with Crippen molar-refractivity contribution >= 4 is 56.3 Å². The van der Waals surface area contributed by atoms with E-state index in [4.69, 9.17) is 4.98 Å². The second-order valence-corrected chi connectivity index (χ2v) is 11.2. The van der Waals surface area contributed by atoms with E-state index in [2.05, 4.69) is 15.5 Å². The first-order valence-electron chi connectivity index (χ1n) is 12.2. The van der Waals surface area contributed by atoms with Gasteiger partial charge in [-0.3, -0.25) is 14.2 Å². The summed E-state index contributed by atoms with van der Waals surface area (Å²) in [6.45, 7) is 2.01. The number of fused-ring (bicyclic) bond motifs is 4. The number of nitrogens with one attached hydrogen (secondary N) is 2. The van der Waals surface area contributed by atoms with E-state index in [1.165, 1.54) is 16.6 Å². The zero-order valence-electron chi connectivity index (χ0n) is 20.3. The number of aromatic amines is 1. The third-order valence-electron chi connectivity index (χ3n) is 6.60. The fourth-order valence-corrected chi connectivity index (χ4v) is 6.85. The predicted octanol–water partition coefficient (Wildman–Crippen LogP) is 5.36. The highest BCUT2D eigenvalue weighted by atomic mass is 32.2. The number of para-hydroxylation sites is 1. The first kappa shape index (κ1) is 23.7. The molecule has 0 bridgehead atoms. The fourth-order valence-electron chi connectivity index (χ4n) is 4.74. The number of hydrazone groups is 1. The Kier molecular flexibility index (Phi) is 6.40. The number of thiophene rings is 1. The van der Waals surface area contributed by atoms with Gasteiger partial charge in [-0.15, -0.1) is 11.3 Å². The summed E-state index contributed by atoms with van der Waals surface area (Å²) >= 11 is 2.86. The standard InChI is InChI=1S/C28H25N5O2S2/c1-17-10-12-19(13-11-17)33-27(35)25-21-7-3-5-9-23(21)37-26(25)31-28(33)36-16-24(34)32-30-15-18-14-29-22-8-4-2-6-20(18)22/h2,4,6,8,10-15,29H,3,5,7,9,16H2,1H3,(H,32,34)/b30-15+. The molecule has 0 fully saturated rings. The van der Waals surface area contributed by atoms with Gasteiger partial charge < -0.3 is 4.98 Å². The van der Waals surface area contributed by atoms with Gasteiger partial charge in [0.15, 0.2) is 5.16 Å². The zero-order valence-corrected chi connectivity index (χ0v) is 21.9. The molecule has 9 heteroatoms. The van der Waals surface area contributed by atoms with Gasteiger partial charge in [-0.2, -0.15) is 5.10 Å². The van der Waals surface area contributed by atoms with E-state index in [1.54, 1.807) is 22.1 Å². The van der Waals surface area contributed by atoms with E-state index < -0.39 is 0 Å². The van der Waals surface area contributed by atoms with E-state index in [0.717, 1.165) is 69.2 Å². The third kappa shape index (κ3) is 4.60. The number of nitrogens with zero attached hydrogens (tertiary/aromatic N) is 3. The van der Waals surface area contributed by atoms with Crippen LogP contribution in [0.3, 0.4) is 0 Å². The van der Waals surface area contributed by atoms with Crippen molar-refractivity contribution in [2.24, 2.45) is 5.10 Å². The van der Waals surface area contributed by atoms with Crippen molar-refractivity contribution in [3.8, 4) is 5.69 Å². The Morgan fingerprint density at radius 1 is 1.19 bits per heavy atom. The number of H-pyrrole nitrogens is 1. The Bertz CT molecular complexity index is 1710. The molecule has 37 heavy (non-hydrogen) atoms. The molecule has 7 nitrogen and oxygen atoms in total. The van der Waals surface area contributed by atoms with Crippen molar-refractivity contribution in [1.82, 2.24) is 20.0 Å². The average Bonchev–Trinajstić information content (AvgIpc) is 3.50. The quantitative estimate of drug-likeness (QED) is 0.135. The second-order valence-electron chi connectivity index (χ2n) is 9.13. The SMILES string of the molecule is Cc1ccc(-n2c(SCC(=O)N/N=C/c3c[nH]c4ccccc34)nc3sc4c(c3c2=O)CCCC4)cc1. The monoisotopic (exact) mass is 527 g/mol. The number of aryl methyl sites for hydroxylation is 3. The van der Waals surface area contributed by atoms with Crippen molar-refractivity contribution < 1.29 is 4.79 Å². The molecule has 1 aliphatic rings. The van der Waals surface area contributed by atoms with Crippen LogP contribution in [0, 0.1) is 6.92 Å². The second kappa shape index (κ2) is 9.99. The first-order valence-corrected chi connectivity index (χ1v) is 14.0. The van der Waals surface area contributed by atoms with Gasteiger partial charge in [0.05, 0.1) is 23.0 Å². The number of hydrogen-bond donors (Lipinski definition) is 2. The van der Waals surface area contributed by atoms with Gasteiger partial charge in [-0.25, -0.2) is 10.4 Å². The van der Waals surface area contributed by atoms with Crippen LogP contribution in [0.2, 0.25) is 0 Å². The lowest BCUT2D eigenvalue weighted by molar-refractivity contribution is -0.118. The van der Waals surface area contributed by atoms with Crippen LogP contribution in [-0.4, -0.2) is 32.4 Å². The minimum absolute atomic E-state index is 0.0616. The van der Waals surface area contributed by atoms with Crippen molar-refractivity contribution in [3.05, 3.63) is 86.6 Å². The van der Waals surface area contributed by atoms with Crippen LogP contribution in [0.25, 0.3) is 26.8 Å². The van der Waals surface area contributed by atoms with Crippen LogP contribution in [0.1, 0.15) is 34.4 Å². The van der Waals surface area contributed by atoms with Crippen molar-refractivity contribution in [2.75, 3.05) is 5.75 Å². The number of amides is 1. The molecule has 0 unspecified atom stereocenters. The maximum absolute atomic E-state index is 13.8. The summed E-state index contributed by atoms with van der Waals surface area (Å²) in [5.41, 5.74) is 7.46. The van der Waals surface area contributed by atoms with Crippen molar-refractivity contribution in [1.29, 1.82) is 0 Å². The minimum Gasteiger partial charge on any atom is -0.361 e. The topological polar surface area (TPSA) is 92.1 Å². The van der Waals surface area contributed by atoms with Gasteiger partial charge in [0.2, 0.25) is 0 Å². The summed E-state index contributed by atoms with van der Waals surface area (Å²) in [6, 6.07) is 15.7. The molecule has 0 spiro atoms. The van der Waals surface area contributed by atoms with Crippen LogP contribution in [0.4, 0.5) is 0 Å². The van der Waals surface area contributed by atoms with E-state index in [-0.39, 0.29) is 17.2 Å². The maximum Gasteiger partial charge on any atom is 0.267 e. The Labute approximate surface area is 221 Å². The van der Waals surface area contributed by atoms with Crippen molar-refractivity contribution in [2.45, 2.75) is 37.8 Å². The molecule has 3 heterocycles. The Morgan fingerprint density at radius 2 is 2.00 bits per heavy atom. The fraction of sp³-hybridized carbons (Fsp3) is 0.214. The van der Waals surface area contributed by atoms with Crippen LogP contribution in [0.5, 0.6) is 0 Å². The lowest BCUT2D eigenvalue weighted by Gasteiger charge is -2.13. The average molecular weight is 528 g/mol. The smallest absolute Gasteiger partial charge is 0.267 e. The lowest BCUT2D eigenvalue weighted by atomic mass is 9.97. The predicted molar refractivity (Wildman–Crippen MR) is 151 cm³/mol. The Morgan fingerprint density at radius 3 is 2.86 bits per heavy atom. The van der Waals surface area contributed by atoms with E-state index in [1.807, 2.05) is 61.7 Å². The normalized spacial score (nSPS) is 13.4. The number of carbonyl (C=O) groups excluding carboxylic acids is 1. The van der Waals surface area contributed by atoms with Gasteiger partial charge in [-0.1, -0.05) is 47.7 Å². The molecular formula is C28H25N5O2S2. The summed E-state index contributed by atoms with van der Waals surface area (Å²) in [7, 11) is 0. The Hall–Kier alpha value is -3.69. The number of carbonyl (C=O) groups is 1. The molecule has 3 aromatic heterocycles. The highest BCUT2D eigenvalue weighted by molar-refractivity contribution is 7.99. The molecular weight excluding hydrogens is 502 g/mol. The first-order chi connectivity index (χ1) is 18.1. The van der Waals surface area contributed by atoms with Crippen LogP contribution < -0.4 is 11.0 Å². The van der Waals surface area contributed by atoms with E-state index in [0.29, 0.717) is 5.16 Å². The summed E-state index contributed by atoms with van der Waals surface area (Å²) in [5.74, 6) is -0.184. The molecule has 0 atom stereocenters. The van der Waals surface area contributed by atoms with Gasteiger partial charge in [0.1, 0.15) is 4.83 Å². The molecule has 0 saturated carbocycles. The molecule has 1 aliphatic carbocycles. The summed E-state index contributed by atoms with van der Waals surface area (Å²) in [4.78, 5) is 36.6. The molecule has 0 saturated heterocycles. The number of hydrogen-bond acceptors (Lipinski definition) is 6. The number of rotatable bonds is 6. The van der Waals surface area contributed by atoms with Gasteiger partial charge >= 0.3 is 0 Å². The number of benzene rings is 2.